The van der Waals surface area contributed by atoms with Crippen LogP contribution < -0.4 is 10.5 Å². The van der Waals surface area contributed by atoms with Gasteiger partial charge in [0.15, 0.2) is 0 Å². The lowest BCUT2D eigenvalue weighted by Gasteiger charge is -2.26. The van der Waals surface area contributed by atoms with Crippen LogP contribution in [0.2, 0.25) is 0 Å². The molecule has 0 saturated heterocycles. The largest absolute Gasteiger partial charge is 0.496 e. The molecule has 0 aliphatic heterocycles. The first kappa shape index (κ1) is 14.0. The first-order valence-electron chi connectivity index (χ1n) is 6.17. The summed E-state index contributed by atoms with van der Waals surface area (Å²) in [5, 5.41) is 0. The van der Waals surface area contributed by atoms with Crippen LogP contribution in [0.25, 0.3) is 0 Å². The van der Waals surface area contributed by atoms with Gasteiger partial charge in [-0.25, -0.2) is 0 Å². The number of nitrogens with zero attached hydrogens (tertiary/aromatic N) is 1. The van der Waals surface area contributed by atoms with Crippen molar-refractivity contribution in [2.45, 2.75) is 25.8 Å². The lowest BCUT2D eigenvalue weighted by atomic mass is 9.98. The number of hydrogen-bond acceptors (Lipinski definition) is 3. The van der Waals surface area contributed by atoms with Crippen LogP contribution in [0.1, 0.15) is 30.5 Å². The minimum Gasteiger partial charge on any atom is -0.496 e. The third-order valence-electron chi connectivity index (χ3n) is 3.12. The Morgan fingerprint density at radius 1 is 1.35 bits per heavy atom. The SMILES string of the molecule is CCc1ccc(OC)c(C(CCN)N(C)C)c1. The van der Waals surface area contributed by atoms with Crippen molar-refractivity contribution >= 4 is 0 Å². The Labute approximate surface area is 105 Å². The van der Waals surface area contributed by atoms with Crippen LogP contribution in [0, 0.1) is 0 Å². The van der Waals surface area contributed by atoms with E-state index in [4.69, 9.17) is 10.5 Å². The minimum atomic E-state index is 0.321. The highest BCUT2D eigenvalue weighted by Crippen LogP contribution is 2.31. The van der Waals surface area contributed by atoms with Crippen molar-refractivity contribution in [2.24, 2.45) is 5.73 Å². The highest BCUT2D eigenvalue weighted by molar-refractivity contribution is 5.39. The molecule has 0 aliphatic carbocycles. The molecule has 0 spiro atoms. The highest BCUT2D eigenvalue weighted by atomic mass is 16.5. The van der Waals surface area contributed by atoms with E-state index in [1.54, 1.807) is 7.11 Å². The van der Waals surface area contributed by atoms with E-state index >= 15 is 0 Å². The second-order valence-corrected chi connectivity index (χ2v) is 4.49. The average molecular weight is 236 g/mol. The molecule has 0 saturated carbocycles. The van der Waals surface area contributed by atoms with Gasteiger partial charge in [-0.2, -0.15) is 0 Å². The molecule has 0 heterocycles. The van der Waals surface area contributed by atoms with E-state index in [1.165, 1.54) is 11.1 Å². The van der Waals surface area contributed by atoms with Crippen LogP contribution in [0.15, 0.2) is 18.2 Å². The first-order valence-corrected chi connectivity index (χ1v) is 6.17. The van der Waals surface area contributed by atoms with Gasteiger partial charge in [0.2, 0.25) is 0 Å². The zero-order valence-electron chi connectivity index (χ0n) is 11.4. The predicted octanol–water partition coefficient (Wildman–Crippen LogP) is 2.21. The summed E-state index contributed by atoms with van der Waals surface area (Å²) >= 11 is 0. The fourth-order valence-electron chi connectivity index (χ4n) is 2.11. The van der Waals surface area contributed by atoms with E-state index in [2.05, 4.69) is 44.1 Å². The standard InChI is InChI=1S/C14H24N2O/c1-5-11-6-7-14(17-4)12(10-11)13(8-9-15)16(2)3/h6-7,10,13H,5,8-9,15H2,1-4H3. The number of aryl methyl sites for hydroxylation is 1. The van der Waals surface area contributed by atoms with Crippen molar-refractivity contribution in [3.05, 3.63) is 29.3 Å². The molecule has 96 valence electrons. The zero-order valence-corrected chi connectivity index (χ0v) is 11.4. The van der Waals surface area contributed by atoms with Gasteiger partial charge in [-0.1, -0.05) is 19.1 Å². The lowest BCUT2D eigenvalue weighted by Crippen LogP contribution is -2.23. The smallest absolute Gasteiger partial charge is 0.123 e. The Kier molecular flexibility index (Phi) is 5.45. The quantitative estimate of drug-likeness (QED) is 0.823. The molecule has 0 radical (unpaired) electrons. The molecular formula is C14H24N2O. The normalized spacial score (nSPS) is 12.8. The molecular weight excluding hydrogens is 212 g/mol. The van der Waals surface area contributed by atoms with Crippen molar-refractivity contribution in [1.29, 1.82) is 0 Å². The van der Waals surface area contributed by atoms with Gasteiger partial charge in [-0.3, -0.25) is 0 Å². The van der Waals surface area contributed by atoms with Gasteiger partial charge >= 0.3 is 0 Å². The van der Waals surface area contributed by atoms with Gasteiger partial charge in [0.05, 0.1) is 7.11 Å². The Hall–Kier alpha value is -1.06. The number of rotatable bonds is 6. The molecule has 0 fully saturated rings. The molecule has 1 atom stereocenters. The average Bonchev–Trinajstić information content (AvgIpc) is 2.34. The van der Waals surface area contributed by atoms with Gasteiger partial charge in [0.1, 0.15) is 5.75 Å². The molecule has 1 unspecified atom stereocenters. The summed E-state index contributed by atoms with van der Waals surface area (Å²) in [5.41, 5.74) is 8.28. The summed E-state index contributed by atoms with van der Waals surface area (Å²) in [7, 11) is 5.89. The summed E-state index contributed by atoms with van der Waals surface area (Å²) in [4.78, 5) is 2.20. The number of ether oxygens (including phenoxy) is 1. The Bertz CT molecular complexity index is 350. The van der Waals surface area contributed by atoms with E-state index in [-0.39, 0.29) is 0 Å². The molecule has 17 heavy (non-hydrogen) atoms. The van der Waals surface area contributed by atoms with Crippen molar-refractivity contribution in [3.63, 3.8) is 0 Å². The van der Waals surface area contributed by atoms with Crippen molar-refractivity contribution in [3.8, 4) is 5.75 Å². The van der Waals surface area contributed by atoms with E-state index in [1.807, 2.05) is 0 Å². The van der Waals surface area contributed by atoms with Gasteiger partial charge < -0.3 is 15.4 Å². The Morgan fingerprint density at radius 3 is 2.53 bits per heavy atom. The molecule has 1 aromatic carbocycles. The molecule has 0 aliphatic rings. The molecule has 2 N–H and O–H groups in total. The van der Waals surface area contributed by atoms with E-state index < -0.39 is 0 Å². The molecule has 3 nitrogen and oxygen atoms in total. The van der Waals surface area contributed by atoms with E-state index in [0.29, 0.717) is 12.6 Å². The second-order valence-electron chi connectivity index (χ2n) is 4.49. The monoisotopic (exact) mass is 236 g/mol. The lowest BCUT2D eigenvalue weighted by molar-refractivity contribution is 0.277. The third kappa shape index (κ3) is 3.45. The highest BCUT2D eigenvalue weighted by Gasteiger charge is 2.17. The minimum absolute atomic E-state index is 0.321. The van der Waals surface area contributed by atoms with E-state index in [9.17, 15) is 0 Å². The van der Waals surface area contributed by atoms with Crippen molar-refractivity contribution in [2.75, 3.05) is 27.7 Å². The van der Waals surface area contributed by atoms with Gasteiger partial charge in [0.25, 0.3) is 0 Å². The van der Waals surface area contributed by atoms with Crippen LogP contribution in [0.3, 0.4) is 0 Å². The van der Waals surface area contributed by atoms with Gasteiger partial charge in [-0.15, -0.1) is 0 Å². The molecule has 0 amide bonds. The summed E-state index contributed by atoms with van der Waals surface area (Å²) in [6.07, 6.45) is 1.98. The Morgan fingerprint density at radius 2 is 2.06 bits per heavy atom. The maximum Gasteiger partial charge on any atom is 0.123 e. The fraction of sp³-hybridized carbons (Fsp3) is 0.571. The third-order valence-corrected chi connectivity index (χ3v) is 3.12. The topological polar surface area (TPSA) is 38.5 Å². The van der Waals surface area contributed by atoms with Crippen LogP contribution in [0.4, 0.5) is 0 Å². The summed E-state index contributed by atoms with van der Waals surface area (Å²) in [5.74, 6) is 0.953. The second kappa shape index (κ2) is 6.62. The summed E-state index contributed by atoms with van der Waals surface area (Å²) < 4.78 is 5.45. The van der Waals surface area contributed by atoms with E-state index in [0.717, 1.165) is 18.6 Å². The molecule has 3 heteroatoms. The molecule has 1 rings (SSSR count). The maximum absolute atomic E-state index is 5.70. The van der Waals surface area contributed by atoms with Crippen molar-refractivity contribution in [1.82, 2.24) is 4.90 Å². The summed E-state index contributed by atoms with van der Waals surface area (Å²) in [6, 6.07) is 6.74. The van der Waals surface area contributed by atoms with Crippen LogP contribution in [-0.2, 0) is 6.42 Å². The summed E-state index contributed by atoms with van der Waals surface area (Å²) in [6.45, 7) is 2.85. The number of hydrogen-bond donors (Lipinski definition) is 1. The molecule has 0 aromatic heterocycles. The van der Waals surface area contributed by atoms with Crippen molar-refractivity contribution < 1.29 is 4.74 Å². The molecule has 0 bridgehead atoms. The number of nitrogens with two attached hydrogens (primary N) is 1. The van der Waals surface area contributed by atoms with Crippen LogP contribution >= 0.6 is 0 Å². The number of benzene rings is 1. The predicted molar refractivity (Wildman–Crippen MR) is 72.5 cm³/mol. The van der Waals surface area contributed by atoms with Crippen LogP contribution in [0.5, 0.6) is 5.75 Å². The zero-order chi connectivity index (χ0) is 12.8. The number of methoxy groups -OCH3 is 1. The first-order chi connectivity index (χ1) is 8.13. The van der Waals surface area contributed by atoms with Gasteiger partial charge in [-0.05, 0) is 45.1 Å². The maximum atomic E-state index is 5.70. The molecule has 1 aromatic rings. The Balaban J connectivity index is 3.13. The van der Waals surface area contributed by atoms with Gasteiger partial charge in [0, 0.05) is 11.6 Å². The fourth-order valence-corrected chi connectivity index (χ4v) is 2.11. The van der Waals surface area contributed by atoms with Crippen LogP contribution in [-0.4, -0.2) is 32.6 Å².